The van der Waals surface area contributed by atoms with E-state index in [9.17, 15) is 13.1 Å². The zero-order valence-corrected chi connectivity index (χ0v) is 13.7. The Labute approximate surface area is 145 Å². The Morgan fingerprint density at radius 2 is 2.00 bits per heavy atom. The number of benzene rings is 2. The van der Waals surface area contributed by atoms with E-state index < -0.39 is 23.9 Å². The third-order valence-electron chi connectivity index (χ3n) is 3.55. The maximum Gasteiger partial charge on any atom is 0.432 e. The van der Waals surface area contributed by atoms with Crippen LogP contribution in [0.1, 0.15) is 5.56 Å². The largest absolute Gasteiger partial charge is 0.432 e. The monoisotopic (exact) mass is 364 g/mol. The van der Waals surface area contributed by atoms with Gasteiger partial charge in [-0.25, -0.2) is 15.0 Å². The van der Waals surface area contributed by atoms with E-state index in [0.717, 1.165) is 0 Å². The summed E-state index contributed by atoms with van der Waals surface area (Å²) in [5, 5.41) is 1.32. The second-order valence-electron chi connectivity index (χ2n) is 5.24. The van der Waals surface area contributed by atoms with Crippen molar-refractivity contribution in [3.05, 3.63) is 76.3 Å². The molecule has 0 unspecified atom stereocenters. The van der Waals surface area contributed by atoms with Crippen LogP contribution in [-0.2, 0) is 6.42 Å². The Bertz CT molecular complexity index is 985. The number of anilines is 1. The van der Waals surface area contributed by atoms with Gasteiger partial charge in [-0.15, -0.1) is 3.89 Å². The number of oxazole rings is 1. The average Bonchev–Trinajstić information content (AvgIpc) is 2.94. The summed E-state index contributed by atoms with van der Waals surface area (Å²) >= 11 is -0.422. The quantitative estimate of drug-likeness (QED) is 0.534. The number of fused-ring (bicyclic) bond motifs is 1. The van der Waals surface area contributed by atoms with E-state index in [1.165, 1.54) is 23.3 Å². The molecule has 4 N–H and O–H groups in total. The predicted octanol–water partition coefficient (Wildman–Crippen LogP) is 2.84. The second-order valence-corrected chi connectivity index (χ2v) is 5.74. The van der Waals surface area contributed by atoms with Crippen molar-refractivity contribution in [2.24, 2.45) is 11.6 Å². The lowest BCUT2D eigenvalue weighted by Gasteiger charge is -2.15. The summed E-state index contributed by atoms with van der Waals surface area (Å²) in [6.07, 6.45) is 1.49. The van der Waals surface area contributed by atoms with E-state index in [1.54, 1.807) is 12.1 Å². The maximum absolute atomic E-state index is 14.6. The van der Waals surface area contributed by atoms with Crippen molar-refractivity contribution in [3.63, 3.8) is 0 Å². The first kappa shape index (κ1) is 17.1. The van der Waals surface area contributed by atoms with Gasteiger partial charge >= 0.3 is 5.76 Å². The smallest absolute Gasteiger partial charge is 0.407 e. The minimum absolute atomic E-state index is 0.0264. The highest BCUT2D eigenvalue weighted by atomic mass is 32.2. The lowest BCUT2D eigenvalue weighted by molar-refractivity contribution is 0.548. The topological polar surface area (TPSA) is 90.4 Å². The minimum Gasteiger partial charge on any atom is -0.407 e. The van der Waals surface area contributed by atoms with Gasteiger partial charge in [0.15, 0.2) is 23.7 Å². The lowest BCUT2D eigenvalue weighted by atomic mass is 10.1. The Hall–Kier alpha value is -2.78. The standard InChI is InChI=1S/C16H14F2N4O2S/c17-14-10(6-7-13-15(14)22(25-18)16(23)24-13)8-11(19)9-21(20)12-4-2-1-3-5-12/h1-7,9H,8,19-20H2/b11-9-. The fourth-order valence-corrected chi connectivity index (χ4v) is 2.74. The van der Waals surface area contributed by atoms with Crippen LogP contribution < -0.4 is 22.3 Å². The molecule has 0 amide bonds. The maximum atomic E-state index is 14.6. The van der Waals surface area contributed by atoms with Gasteiger partial charge in [0.2, 0.25) is 0 Å². The molecule has 0 aliphatic carbocycles. The molecule has 1 aromatic heterocycles. The Morgan fingerprint density at radius 3 is 2.68 bits per heavy atom. The SMILES string of the molecule is N/C(=C\N(N)c1ccccc1)Cc1ccc2oc(=O)n(SF)c2c1F. The highest BCUT2D eigenvalue weighted by molar-refractivity contribution is 7.92. The highest BCUT2D eigenvalue weighted by Gasteiger charge is 2.18. The molecule has 0 bridgehead atoms. The number of rotatable bonds is 5. The first-order valence-electron chi connectivity index (χ1n) is 7.18. The summed E-state index contributed by atoms with van der Waals surface area (Å²) in [6, 6.07) is 11.9. The number of hydrogen-bond acceptors (Lipinski definition) is 6. The van der Waals surface area contributed by atoms with Crippen LogP contribution in [0.2, 0.25) is 0 Å². The molecular formula is C16H14F2N4O2S. The summed E-state index contributed by atoms with van der Waals surface area (Å²) in [7, 11) is 0. The van der Waals surface area contributed by atoms with Crippen molar-refractivity contribution in [2.75, 3.05) is 5.01 Å². The fourth-order valence-electron chi connectivity index (χ4n) is 2.41. The summed E-state index contributed by atoms with van der Waals surface area (Å²) < 4.78 is 32.8. The average molecular weight is 364 g/mol. The normalized spacial score (nSPS) is 11.9. The van der Waals surface area contributed by atoms with Gasteiger partial charge in [-0.05, 0) is 23.8 Å². The second kappa shape index (κ2) is 6.99. The minimum atomic E-state index is -0.987. The van der Waals surface area contributed by atoms with Crippen molar-refractivity contribution < 1.29 is 12.7 Å². The first-order chi connectivity index (χ1) is 12.0. The fraction of sp³-hybridized carbons (Fsp3) is 0.0625. The van der Waals surface area contributed by atoms with Gasteiger partial charge in [-0.2, -0.15) is 3.97 Å². The first-order valence-corrected chi connectivity index (χ1v) is 7.86. The number of allylic oxidation sites excluding steroid dienone is 1. The molecule has 3 aromatic rings. The van der Waals surface area contributed by atoms with E-state index in [-0.39, 0.29) is 28.8 Å². The molecule has 9 heteroatoms. The van der Waals surface area contributed by atoms with Crippen molar-refractivity contribution in [2.45, 2.75) is 6.42 Å². The van der Waals surface area contributed by atoms with Crippen LogP contribution in [0.5, 0.6) is 0 Å². The van der Waals surface area contributed by atoms with E-state index in [4.69, 9.17) is 16.0 Å². The van der Waals surface area contributed by atoms with Crippen LogP contribution in [0.25, 0.3) is 11.1 Å². The van der Waals surface area contributed by atoms with E-state index >= 15 is 0 Å². The predicted molar refractivity (Wildman–Crippen MR) is 93.6 cm³/mol. The summed E-state index contributed by atoms with van der Waals surface area (Å²) in [6.45, 7) is 0. The van der Waals surface area contributed by atoms with Gasteiger partial charge < -0.3 is 10.2 Å². The number of nitrogens with zero attached hydrogens (tertiary/aromatic N) is 2. The summed E-state index contributed by atoms with van der Waals surface area (Å²) in [4.78, 5) is 11.5. The van der Waals surface area contributed by atoms with Gasteiger partial charge in [0.25, 0.3) is 0 Å². The summed E-state index contributed by atoms with van der Waals surface area (Å²) in [5.41, 5.74) is 6.82. The molecule has 2 aromatic carbocycles. The highest BCUT2D eigenvalue weighted by Crippen LogP contribution is 2.25. The van der Waals surface area contributed by atoms with Gasteiger partial charge in [0.05, 0.1) is 5.69 Å². The number of halogens is 2. The number of aromatic nitrogens is 1. The third-order valence-corrected chi connectivity index (χ3v) is 4.02. The number of hydrazine groups is 1. The molecule has 0 saturated carbocycles. The molecule has 0 aliphatic rings. The van der Waals surface area contributed by atoms with Crippen molar-refractivity contribution in [1.82, 2.24) is 3.97 Å². The van der Waals surface area contributed by atoms with E-state index in [0.29, 0.717) is 9.66 Å². The number of nitrogens with two attached hydrogens (primary N) is 2. The number of hydrogen-bond donors (Lipinski definition) is 2. The summed E-state index contributed by atoms with van der Waals surface area (Å²) in [5.74, 6) is 4.14. The lowest BCUT2D eigenvalue weighted by Crippen LogP contribution is -2.26. The third kappa shape index (κ3) is 3.37. The Balaban J connectivity index is 1.91. The van der Waals surface area contributed by atoms with E-state index in [1.807, 2.05) is 18.2 Å². The van der Waals surface area contributed by atoms with Gasteiger partial charge in [0.1, 0.15) is 5.52 Å². The molecule has 0 radical (unpaired) electrons. The molecule has 130 valence electrons. The molecule has 0 saturated heterocycles. The van der Waals surface area contributed by atoms with Crippen LogP contribution in [0.4, 0.5) is 14.0 Å². The molecule has 25 heavy (non-hydrogen) atoms. The molecule has 0 fully saturated rings. The van der Waals surface area contributed by atoms with Crippen LogP contribution in [0.3, 0.4) is 0 Å². The van der Waals surface area contributed by atoms with E-state index in [2.05, 4.69) is 0 Å². The Kier molecular flexibility index (Phi) is 4.77. The van der Waals surface area contributed by atoms with Gasteiger partial charge in [-0.1, -0.05) is 24.3 Å². The zero-order valence-electron chi connectivity index (χ0n) is 12.9. The zero-order chi connectivity index (χ0) is 18.0. The number of para-hydroxylation sites is 1. The van der Waals surface area contributed by atoms with Crippen LogP contribution in [-0.4, -0.2) is 3.97 Å². The Morgan fingerprint density at radius 1 is 1.28 bits per heavy atom. The van der Waals surface area contributed by atoms with Crippen LogP contribution in [0.15, 0.2) is 63.6 Å². The van der Waals surface area contributed by atoms with Crippen molar-refractivity contribution in [3.8, 4) is 0 Å². The van der Waals surface area contributed by atoms with Crippen molar-refractivity contribution in [1.29, 1.82) is 0 Å². The van der Waals surface area contributed by atoms with Crippen LogP contribution >= 0.6 is 12.3 Å². The van der Waals surface area contributed by atoms with Gasteiger partial charge in [-0.3, -0.25) is 5.01 Å². The van der Waals surface area contributed by atoms with Crippen LogP contribution in [0, 0.1) is 5.82 Å². The molecule has 1 heterocycles. The molecule has 3 rings (SSSR count). The molecular weight excluding hydrogens is 350 g/mol. The molecule has 0 atom stereocenters. The molecule has 0 aliphatic heterocycles. The van der Waals surface area contributed by atoms with Gasteiger partial charge in [0, 0.05) is 18.3 Å². The van der Waals surface area contributed by atoms with Crippen molar-refractivity contribution >= 4 is 29.1 Å². The molecule has 0 spiro atoms. The molecule has 6 nitrogen and oxygen atoms in total.